The Balaban J connectivity index is 2.45. The van der Waals surface area contributed by atoms with Gasteiger partial charge in [-0.05, 0) is 13.3 Å². The summed E-state index contributed by atoms with van der Waals surface area (Å²) in [7, 11) is 0. The zero-order valence-electron chi connectivity index (χ0n) is 6.74. The SMILES string of the molecule is C[C@H]1OC(=O)CC[C@H]1NC(=O)O. The van der Waals surface area contributed by atoms with Crippen LogP contribution in [-0.4, -0.2) is 29.3 Å². The van der Waals surface area contributed by atoms with Gasteiger partial charge in [0.05, 0.1) is 6.04 Å². The number of carbonyl (C=O) groups excluding carboxylic acids is 1. The summed E-state index contributed by atoms with van der Waals surface area (Å²) in [6.45, 7) is 1.68. The Bertz CT molecular complexity index is 204. The minimum atomic E-state index is -1.08. The number of ether oxygens (including phenoxy) is 1. The van der Waals surface area contributed by atoms with Gasteiger partial charge in [-0.1, -0.05) is 0 Å². The van der Waals surface area contributed by atoms with Crippen molar-refractivity contribution in [2.45, 2.75) is 31.9 Å². The van der Waals surface area contributed by atoms with Gasteiger partial charge in [0, 0.05) is 6.42 Å². The van der Waals surface area contributed by atoms with E-state index in [0.29, 0.717) is 6.42 Å². The Morgan fingerprint density at radius 2 is 2.42 bits per heavy atom. The average Bonchev–Trinajstić information content (AvgIpc) is 1.94. The van der Waals surface area contributed by atoms with Crippen LogP contribution in [0.15, 0.2) is 0 Å². The standard InChI is InChI=1S/C7H11NO4/c1-4-5(8-7(10)11)2-3-6(9)12-4/h4-5,8H,2-3H2,1H3,(H,10,11)/t4-,5-/m1/s1. The molecule has 1 fully saturated rings. The largest absolute Gasteiger partial charge is 0.465 e. The van der Waals surface area contributed by atoms with Crippen molar-refractivity contribution < 1.29 is 19.4 Å². The third-order valence-corrected chi connectivity index (χ3v) is 1.85. The fourth-order valence-corrected chi connectivity index (χ4v) is 1.20. The number of nitrogens with one attached hydrogen (secondary N) is 1. The van der Waals surface area contributed by atoms with Crippen LogP contribution >= 0.6 is 0 Å². The van der Waals surface area contributed by atoms with E-state index in [1.807, 2.05) is 0 Å². The highest BCUT2D eigenvalue weighted by Gasteiger charge is 2.28. The number of carboxylic acid groups (broad SMARTS) is 1. The van der Waals surface area contributed by atoms with Crippen LogP contribution in [0.5, 0.6) is 0 Å². The van der Waals surface area contributed by atoms with Gasteiger partial charge in [0.25, 0.3) is 0 Å². The second kappa shape index (κ2) is 3.42. The van der Waals surface area contributed by atoms with Crippen LogP contribution in [0, 0.1) is 0 Å². The van der Waals surface area contributed by atoms with E-state index in [9.17, 15) is 9.59 Å². The fourth-order valence-electron chi connectivity index (χ4n) is 1.20. The van der Waals surface area contributed by atoms with Gasteiger partial charge in [-0.3, -0.25) is 4.79 Å². The molecule has 0 spiro atoms. The molecule has 0 aromatic carbocycles. The van der Waals surface area contributed by atoms with Crippen LogP contribution in [0.4, 0.5) is 4.79 Å². The van der Waals surface area contributed by atoms with Crippen molar-refractivity contribution in [3.05, 3.63) is 0 Å². The third kappa shape index (κ3) is 2.11. The van der Waals surface area contributed by atoms with Crippen LogP contribution in [0.25, 0.3) is 0 Å². The molecule has 1 aliphatic heterocycles. The van der Waals surface area contributed by atoms with Crippen LogP contribution in [-0.2, 0) is 9.53 Å². The molecule has 0 saturated carbocycles. The molecule has 5 heteroatoms. The molecular formula is C7H11NO4. The maximum Gasteiger partial charge on any atom is 0.405 e. The van der Waals surface area contributed by atoms with Gasteiger partial charge in [-0.15, -0.1) is 0 Å². The highest BCUT2D eigenvalue weighted by Crippen LogP contribution is 2.14. The number of esters is 1. The second-order valence-corrected chi connectivity index (χ2v) is 2.79. The van der Waals surface area contributed by atoms with Crippen LogP contribution in [0.2, 0.25) is 0 Å². The van der Waals surface area contributed by atoms with E-state index in [1.54, 1.807) is 6.92 Å². The predicted octanol–water partition coefficient (Wildman–Crippen LogP) is 0.348. The molecule has 1 amide bonds. The molecule has 2 atom stereocenters. The Kier molecular flexibility index (Phi) is 2.52. The molecule has 0 bridgehead atoms. The van der Waals surface area contributed by atoms with Crippen molar-refractivity contribution in [1.82, 2.24) is 5.32 Å². The van der Waals surface area contributed by atoms with Crippen molar-refractivity contribution in [3.63, 3.8) is 0 Å². The molecule has 1 heterocycles. The summed E-state index contributed by atoms with van der Waals surface area (Å²) in [5.41, 5.74) is 0. The van der Waals surface area contributed by atoms with Gasteiger partial charge >= 0.3 is 12.1 Å². The van der Waals surface area contributed by atoms with Crippen molar-refractivity contribution in [1.29, 1.82) is 0 Å². The lowest BCUT2D eigenvalue weighted by Crippen LogP contribution is -2.46. The predicted molar refractivity (Wildman–Crippen MR) is 39.7 cm³/mol. The summed E-state index contributed by atoms with van der Waals surface area (Å²) in [5.74, 6) is -0.258. The topological polar surface area (TPSA) is 75.6 Å². The van der Waals surface area contributed by atoms with E-state index >= 15 is 0 Å². The molecule has 1 saturated heterocycles. The van der Waals surface area contributed by atoms with Gasteiger partial charge < -0.3 is 15.2 Å². The molecule has 0 aliphatic carbocycles. The van der Waals surface area contributed by atoms with Gasteiger partial charge in [0.15, 0.2) is 0 Å². The monoisotopic (exact) mass is 173 g/mol. The van der Waals surface area contributed by atoms with Crippen molar-refractivity contribution in [3.8, 4) is 0 Å². The zero-order valence-corrected chi connectivity index (χ0v) is 6.74. The van der Waals surface area contributed by atoms with E-state index in [0.717, 1.165) is 0 Å². The van der Waals surface area contributed by atoms with Crippen LogP contribution in [0.3, 0.4) is 0 Å². The van der Waals surface area contributed by atoms with E-state index in [2.05, 4.69) is 5.32 Å². The summed E-state index contributed by atoms with van der Waals surface area (Å²) < 4.78 is 4.83. The second-order valence-electron chi connectivity index (χ2n) is 2.79. The first-order valence-corrected chi connectivity index (χ1v) is 3.78. The summed E-state index contributed by atoms with van der Waals surface area (Å²) in [6, 6.07) is -0.264. The normalized spacial score (nSPS) is 29.2. The molecule has 12 heavy (non-hydrogen) atoms. The molecule has 0 aromatic rings. The van der Waals surface area contributed by atoms with Gasteiger partial charge in [-0.25, -0.2) is 4.79 Å². The quantitative estimate of drug-likeness (QED) is 0.561. The Hall–Kier alpha value is -1.26. The maximum atomic E-state index is 10.7. The first kappa shape index (κ1) is 8.83. The molecular weight excluding hydrogens is 162 g/mol. The molecule has 2 N–H and O–H groups in total. The summed E-state index contributed by atoms with van der Waals surface area (Å²) in [6.07, 6.45) is -0.631. The molecule has 0 aromatic heterocycles. The number of amides is 1. The third-order valence-electron chi connectivity index (χ3n) is 1.85. The zero-order chi connectivity index (χ0) is 9.14. The van der Waals surface area contributed by atoms with Crippen LogP contribution in [0.1, 0.15) is 19.8 Å². The Morgan fingerprint density at radius 3 is 2.92 bits per heavy atom. The highest BCUT2D eigenvalue weighted by atomic mass is 16.5. The smallest absolute Gasteiger partial charge is 0.405 e. The Labute approximate surface area is 69.7 Å². The van der Waals surface area contributed by atoms with Crippen molar-refractivity contribution >= 4 is 12.1 Å². The first-order chi connectivity index (χ1) is 5.59. The number of carbonyl (C=O) groups is 2. The van der Waals surface area contributed by atoms with Gasteiger partial charge in [0.2, 0.25) is 0 Å². The lowest BCUT2D eigenvalue weighted by atomic mass is 10.0. The van der Waals surface area contributed by atoms with E-state index in [1.165, 1.54) is 0 Å². The minimum absolute atomic E-state index is 0.258. The number of cyclic esters (lactones) is 1. The number of hydrogen-bond acceptors (Lipinski definition) is 3. The summed E-state index contributed by atoms with van der Waals surface area (Å²) in [4.78, 5) is 21.0. The van der Waals surface area contributed by atoms with E-state index < -0.39 is 6.09 Å². The molecule has 68 valence electrons. The van der Waals surface area contributed by atoms with E-state index in [4.69, 9.17) is 9.84 Å². The number of rotatable bonds is 1. The molecule has 5 nitrogen and oxygen atoms in total. The molecule has 0 unspecified atom stereocenters. The van der Waals surface area contributed by atoms with Gasteiger partial charge in [0.1, 0.15) is 6.10 Å². The van der Waals surface area contributed by atoms with Crippen LogP contribution < -0.4 is 5.32 Å². The average molecular weight is 173 g/mol. The summed E-state index contributed by atoms with van der Waals surface area (Å²) in [5, 5.41) is 10.7. The fraction of sp³-hybridized carbons (Fsp3) is 0.714. The molecule has 1 aliphatic rings. The van der Waals surface area contributed by atoms with Gasteiger partial charge in [-0.2, -0.15) is 0 Å². The summed E-state index contributed by atoms with van der Waals surface area (Å²) >= 11 is 0. The van der Waals surface area contributed by atoms with Crippen molar-refractivity contribution in [2.75, 3.05) is 0 Å². The number of hydrogen-bond donors (Lipinski definition) is 2. The Morgan fingerprint density at radius 1 is 1.75 bits per heavy atom. The first-order valence-electron chi connectivity index (χ1n) is 3.78. The maximum absolute atomic E-state index is 10.7. The van der Waals surface area contributed by atoms with Crippen molar-refractivity contribution in [2.24, 2.45) is 0 Å². The van der Waals surface area contributed by atoms with E-state index in [-0.39, 0.29) is 24.5 Å². The lowest BCUT2D eigenvalue weighted by molar-refractivity contribution is -0.154. The molecule has 0 radical (unpaired) electrons. The minimum Gasteiger partial charge on any atom is -0.465 e. The highest BCUT2D eigenvalue weighted by molar-refractivity contribution is 5.71. The molecule has 1 rings (SSSR count). The lowest BCUT2D eigenvalue weighted by Gasteiger charge is -2.27.